The van der Waals surface area contributed by atoms with Crippen LogP contribution in [0.5, 0.6) is 5.88 Å². The summed E-state index contributed by atoms with van der Waals surface area (Å²) < 4.78 is 4.95. The van der Waals surface area contributed by atoms with Gasteiger partial charge in [0.1, 0.15) is 0 Å². The number of pyridine rings is 1. The van der Waals surface area contributed by atoms with Crippen LogP contribution in [0.4, 0.5) is 5.69 Å². The lowest BCUT2D eigenvalue weighted by Gasteiger charge is -2.17. The minimum Gasteiger partial charge on any atom is -0.481 e. The first kappa shape index (κ1) is 11.5. The van der Waals surface area contributed by atoms with Crippen LogP contribution in [0.25, 0.3) is 0 Å². The van der Waals surface area contributed by atoms with E-state index < -0.39 is 0 Å². The molecule has 1 aliphatic heterocycles. The maximum Gasteiger partial charge on any atom is 0.228 e. The topological polar surface area (TPSA) is 42.4 Å². The fourth-order valence-corrected chi connectivity index (χ4v) is 2.21. The van der Waals surface area contributed by atoms with Gasteiger partial charge in [0, 0.05) is 24.3 Å². The first-order valence-corrected chi connectivity index (χ1v) is 5.70. The van der Waals surface area contributed by atoms with Crippen molar-refractivity contribution in [2.45, 2.75) is 11.7 Å². The zero-order chi connectivity index (χ0) is 11.7. The lowest BCUT2D eigenvalue weighted by Crippen LogP contribution is -2.25. The van der Waals surface area contributed by atoms with Gasteiger partial charge in [0.05, 0.1) is 12.8 Å². The molecule has 1 aliphatic rings. The number of thiol groups is 1. The Morgan fingerprint density at radius 3 is 2.88 bits per heavy atom. The number of methoxy groups -OCH3 is 1. The Balaban J connectivity index is 2.30. The fourth-order valence-electron chi connectivity index (χ4n) is 1.65. The Morgan fingerprint density at radius 2 is 2.38 bits per heavy atom. The van der Waals surface area contributed by atoms with E-state index in [0.717, 1.165) is 0 Å². The first-order valence-electron chi connectivity index (χ1n) is 4.81. The van der Waals surface area contributed by atoms with Crippen molar-refractivity contribution in [3.05, 3.63) is 17.3 Å². The number of halogens is 1. The molecule has 2 rings (SSSR count). The van der Waals surface area contributed by atoms with E-state index in [-0.39, 0.29) is 16.3 Å². The van der Waals surface area contributed by atoms with Gasteiger partial charge in [-0.1, -0.05) is 11.6 Å². The third kappa shape index (κ3) is 2.10. The molecule has 0 bridgehead atoms. The number of nitrogens with zero attached hydrogens (tertiary/aromatic N) is 2. The summed E-state index contributed by atoms with van der Waals surface area (Å²) in [4.78, 5) is 17.3. The van der Waals surface area contributed by atoms with Gasteiger partial charge in [-0.05, 0) is 6.07 Å². The lowest BCUT2D eigenvalue weighted by molar-refractivity contribution is -0.117. The van der Waals surface area contributed by atoms with Crippen molar-refractivity contribution < 1.29 is 9.53 Å². The Bertz CT molecular complexity index is 427. The highest BCUT2D eigenvalue weighted by molar-refractivity contribution is 7.81. The number of hydrogen-bond acceptors (Lipinski definition) is 4. The van der Waals surface area contributed by atoms with E-state index in [4.69, 9.17) is 16.3 Å². The summed E-state index contributed by atoms with van der Waals surface area (Å²) in [6, 6.07) is 3.41. The standard InChI is InChI=1S/C10H11ClN2O2S/c1-15-8-3-2-7(10(11)12-8)13-5-6(16)4-9(13)14/h2-3,6,16H,4-5H2,1H3. The molecule has 1 unspecified atom stereocenters. The van der Waals surface area contributed by atoms with Gasteiger partial charge in [0.15, 0.2) is 5.15 Å². The second kappa shape index (κ2) is 4.51. The molecule has 0 spiro atoms. The number of amides is 1. The predicted octanol–water partition coefficient (Wildman–Crippen LogP) is 1.78. The van der Waals surface area contributed by atoms with E-state index in [1.54, 1.807) is 17.0 Å². The molecule has 2 heterocycles. The SMILES string of the molecule is COc1ccc(N2CC(S)CC2=O)c(Cl)n1. The smallest absolute Gasteiger partial charge is 0.228 e. The minimum atomic E-state index is 0.0221. The Labute approximate surface area is 104 Å². The zero-order valence-electron chi connectivity index (χ0n) is 8.68. The van der Waals surface area contributed by atoms with Gasteiger partial charge < -0.3 is 9.64 Å². The summed E-state index contributed by atoms with van der Waals surface area (Å²) in [7, 11) is 1.52. The average molecular weight is 259 g/mol. The van der Waals surface area contributed by atoms with Crippen LogP contribution in [0, 0.1) is 0 Å². The predicted molar refractivity (Wildman–Crippen MR) is 65.5 cm³/mol. The Kier molecular flexibility index (Phi) is 3.25. The summed E-state index contributed by atoms with van der Waals surface area (Å²) in [5, 5.41) is 0.334. The van der Waals surface area contributed by atoms with Gasteiger partial charge in [-0.3, -0.25) is 4.79 Å². The van der Waals surface area contributed by atoms with Gasteiger partial charge in [-0.2, -0.15) is 17.6 Å². The van der Waals surface area contributed by atoms with Crippen LogP contribution in [0.15, 0.2) is 12.1 Å². The van der Waals surface area contributed by atoms with Crippen molar-refractivity contribution in [1.29, 1.82) is 0 Å². The number of aromatic nitrogens is 1. The maximum absolute atomic E-state index is 11.7. The normalized spacial score (nSPS) is 20.3. The van der Waals surface area contributed by atoms with E-state index in [0.29, 0.717) is 24.5 Å². The summed E-state index contributed by atoms with van der Waals surface area (Å²) >= 11 is 10.3. The third-order valence-electron chi connectivity index (χ3n) is 2.41. The number of carbonyl (C=O) groups excluding carboxylic acids is 1. The van der Waals surface area contributed by atoms with E-state index in [9.17, 15) is 4.79 Å². The molecule has 86 valence electrons. The van der Waals surface area contributed by atoms with E-state index >= 15 is 0 Å². The zero-order valence-corrected chi connectivity index (χ0v) is 10.3. The van der Waals surface area contributed by atoms with Gasteiger partial charge >= 0.3 is 0 Å². The second-order valence-electron chi connectivity index (χ2n) is 3.53. The molecule has 1 saturated heterocycles. The van der Waals surface area contributed by atoms with Crippen molar-refractivity contribution in [3.8, 4) is 5.88 Å². The summed E-state index contributed by atoms with van der Waals surface area (Å²) in [6.45, 7) is 0.565. The molecule has 0 radical (unpaired) electrons. The average Bonchev–Trinajstić information content (AvgIpc) is 2.57. The van der Waals surface area contributed by atoms with Crippen LogP contribution in [0.2, 0.25) is 5.15 Å². The number of anilines is 1. The fraction of sp³-hybridized carbons (Fsp3) is 0.400. The van der Waals surface area contributed by atoms with Crippen LogP contribution in [0.1, 0.15) is 6.42 Å². The molecule has 1 aromatic rings. The highest BCUT2D eigenvalue weighted by Crippen LogP contribution is 2.30. The first-order chi connectivity index (χ1) is 7.61. The second-order valence-corrected chi connectivity index (χ2v) is 4.61. The highest BCUT2D eigenvalue weighted by Gasteiger charge is 2.29. The lowest BCUT2D eigenvalue weighted by atomic mass is 10.3. The van der Waals surface area contributed by atoms with Crippen LogP contribution < -0.4 is 9.64 Å². The van der Waals surface area contributed by atoms with Crippen molar-refractivity contribution in [3.63, 3.8) is 0 Å². The van der Waals surface area contributed by atoms with Crippen LogP contribution in [-0.4, -0.2) is 29.8 Å². The number of carbonyl (C=O) groups is 1. The number of ether oxygens (including phenoxy) is 1. The molecular formula is C10H11ClN2O2S. The molecule has 0 N–H and O–H groups in total. The molecule has 1 amide bonds. The quantitative estimate of drug-likeness (QED) is 0.650. The molecular weight excluding hydrogens is 248 g/mol. The number of rotatable bonds is 2. The molecule has 1 fully saturated rings. The van der Waals surface area contributed by atoms with E-state index in [1.165, 1.54) is 7.11 Å². The van der Waals surface area contributed by atoms with Crippen molar-refractivity contribution in [2.75, 3.05) is 18.6 Å². The highest BCUT2D eigenvalue weighted by atomic mass is 35.5. The largest absolute Gasteiger partial charge is 0.481 e. The van der Waals surface area contributed by atoms with Crippen LogP contribution >= 0.6 is 24.2 Å². The minimum absolute atomic E-state index is 0.0221. The number of hydrogen-bond donors (Lipinski definition) is 1. The van der Waals surface area contributed by atoms with Crippen LogP contribution in [0.3, 0.4) is 0 Å². The maximum atomic E-state index is 11.7. The van der Waals surface area contributed by atoms with Gasteiger partial charge in [-0.25, -0.2) is 0 Å². The molecule has 0 saturated carbocycles. The van der Waals surface area contributed by atoms with Gasteiger partial charge in [-0.15, -0.1) is 0 Å². The molecule has 16 heavy (non-hydrogen) atoms. The van der Waals surface area contributed by atoms with Gasteiger partial charge in [0.25, 0.3) is 0 Å². The molecule has 1 atom stereocenters. The molecule has 0 aromatic carbocycles. The summed E-state index contributed by atoms with van der Waals surface area (Å²) in [6.07, 6.45) is 0.436. The Morgan fingerprint density at radius 1 is 1.62 bits per heavy atom. The third-order valence-corrected chi connectivity index (χ3v) is 3.03. The van der Waals surface area contributed by atoms with Crippen LogP contribution in [-0.2, 0) is 4.79 Å². The molecule has 6 heteroatoms. The molecule has 0 aliphatic carbocycles. The summed E-state index contributed by atoms with van der Waals surface area (Å²) in [5.74, 6) is 0.455. The molecule has 1 aromatic heterocycles. The van der Waals surface area contributed by atoms with Crippen molar-refractivity contribution in [1.82, 2.24) is 4.98 Å². The monoisotopic (exact) mass is 258 g/mol. The van der Waals surface area contributed by atoms with Crippen molar-refractivity contribution >= 4 is 35.8 Å². The van der Waals surface area contributed by atoms with E-state index in [2.05, 4.69) is 17.6 Å². The Hall–Kier alpha value is -0.940. The van der Waals surface area contributed by atoms with Gasteiger partial charge in [0.2, 0.25) is 11.8 Å². The summed E-state index contributed by atoms with van der Waals surface area (Å²) in [5.41, 5.74) is 0.615. The molecule has 4 nitrogen and oxygen atoms in total. The van der Waals surface area contributed by atoms with Crippen molar-refractivity contribution in [2.24, 2.45) is 0 Å². The van der Waals surface area contributed by atoms with E-state index in [1.807, 2.05) is 0 Å².